The molecule has 0 spiro atoms. The zero-order valence-electron chi connectivity index (χ0n) is 14.9. The molecule has 1 fully saturated rings. The Kier molecular flexibility index (Phi) is 5.51. The van der Waals surface area contributed by atoms with Crippen LogP contribution in [0, 0.1) is 11.7 Å². The molecule has 0 saturated carbocycles. The molecule has 1 N–H and O–H groups in total. The van der Waals surface area contributed by atoms with E-state index >= 15 is 0 Å². The lowest BCUT2D eigenvalue weighted by Gasteiger charge is -2.37. The summed E-state index contributed by atoms with van der Waals surface area (Å²) in [6, 6.07) is 4.97. The minimum atomic E-state index is -1.09. The van der Waals surface area contributed by atoms with Gasteiger partial charge in [-0.15, -0.1) is 0 Å². The quantitative estimate of drug-likeness (QED) is 0.635. The van der Waals surface area contributed by atoms with Crippen molar-refractivity contribution in [1.82, 2.24) is 15.1 Å². The molecule has 1 aromatic carbocycles. The molecule has 26 heavy (non-hydrogen) atoms. The van der Waals surface area contributed by atoms with Crippen molar-refractivity contribution in [3.05, 3.63) is 35.6 Å². The second-order valence-corrected chi connectivity index (χ2v) is 6.46. The highest BCUT2D eigenvalue weighted by Crippen LogP contribution is 2.31. The normalized spacial score (nSPS) is 24.0. The highest BCUT2D eigenvalue weighted by molar-refractivity contribution is 6.08. The molecule has 2 aliphatic rings. The Bertz CT molecular complexity index is 699. The predicted molar refractivity (Wildman–Crippen MR) is 93.9 cm³/mol. The second-order valence-electron chi connectivity index (χ2n) is 6.46. The minimum Gasteiger partial charge on any atom is -0.465 e. The fourth-order valence-corrected chi connectivity index (χ4v) is 3.14. The van der Waals surface area contributed by atoms with Crippen molar-refractivity contribution in [3.8, 4) is 0 Å². The topological polar surface area (TPSA) is 74.2 Å². The number of carbonyl (C=O) groups excluding carboxylic acids is 2. The summed E-state index contributed by atoms with van der Waals surface area (Å²) in [6.45, 7) is 5.04. The summed E-state index contributed by atoms with van der Waals surface area (Å²) >= 11 is 0. The molecule has 0 aliphatic carbocycles. The highest BCUT2D eigenvalue weighted by Gasteiger charge is 2.42. The summed E-state index contributed by atoms with van der Waals surface area (Å²) in [5.41, 5.74) is 0.603. The minimum absolute atomic E-state index is 0.174. The first kappa shape index (κ1) is 18.3. The van der Waals surface area contributed by atoms with Crippen molar-refractivity contribution >= 4 is 17.8 Å². The predicted octanol–water partition coefficient (Wildman–Crippen LogP) is 0.779. The number of halogens is 1. The second kappa shape index (κ2) is 7.82. The number of esters is 1. The van der Waals surface area contributed by atoms with Crippen molar-refractivity contribution in [2.75, 3.05) is 39.8 Å². The molecular formula is C18H23FN4O3. The number of rotatable bonds is 3. The molecule has 0 radical (unpaired) electrons. The van der Waals surface area contributed by atoms with Gasteiger partial charge in [0.2, 0.25) is 11.9 Å². The van der Waals surface area contributed by atoms with Crippen LogP contribution in [0.15, 0.2) is 29.3 Å². The highest BCUT2D eigenvalue weighted by atomic mass is 19.1. The first-order valence-corrected chi connectivity index (χ1v) is 8.74. The Morgan fingerprint density at radius 1 is 1.27 bits per heavy atom. The SMILES string of the molecule is CCOC(=O)[C@H]1C(=O)NC(N2CCN(C)CC2)=N[C@@H]1c1ccc(F)cc1. The van der Waals surface area contributed by atoms with Gasteiger partial charge in [-0.25, -0.2) is 9.38 Å². The number of hydrogen-bond acceptors (Lipinski definition) is 6. The van der Waals surface area contributed by atoms with Gasteiger partial charge in [0.25, 0.3) is 0 Å². The molecule has 7 nitrogen and oxygen atoms in total. The van der Waals surface area contributed by atoms with Crippen LogP contribution in [0.1, 0.15) is 18.5 Å². The fourth-order valence-electron chi connectivity index (χ4n) is 3.14. The molecule has 2 aliphatic heterocycles. The number of nitrogens with zero attached hydrogens (tertiary/aromatic N) is 3. The van der Waals surface area contributed by atoms with Gasteiger partial charge in [-0.3, -0.25) is 14.9 Å². The average molecular weight is 362 g/mol. The Morgan fingerprint density at radius 3 is 2.54 bits per heavy atom. The van der Waals surface area contributed by atoms with E-state index < -0.39 is 23.8 Å². The molecule has 2 atom stereocenters. The number of carbonyl (C=O) groups is 2. The Morgan fingerprint density at radius 2 is 1.92 bits per heavy atom. The maximum Gasteiger partial charge on any atom is 0.321 e. The van der Waals surface area contributed by atoms with Crippen LogP contribution in [0.3, 0.4) is 0 Å². The van der Waals surface area contributed by atoms with Gasteiger partial charge in [0.15, 0.2) is 5.92 Å². The smallest absolute Gasteiger partial charge is 0.321 e. The van der Waals surface area contributed by atoms with E-state index in [1.54, 1.807) is 19.1 Å². The molecule has 0 bridgehead atoms. The van der Waals surface area contributed by atoms with Gasteiger partial charge in [0, 0.05) is 26.2 Å². The Labute approximate surface area is 151 Å². The summed E-state index contributed by atoms with van der Waals surface area (Å²) < 4.78 is 18.4. The number of guanidine groups is 1. The standard InChI is InChI=1S/C18H23FN4O3/c1-3-26-17(25)14-15(12-4-6-13(19)7-5-12)20-18(21-16(14)24)23-10-8-22(2)9-11-23/h4-7,14-15H,3,8-11H2,1-2H3,(H,20,21,24)/t14-,15-/m1/s1. The maximum absolute atomic E-state index is 13.3. The summed E-state index contributed by atoms with van der Waals surface area (Å²) in [5.74, 6) is -2.08. The monoisotopic (exact) mass is 362 g/mol. The van der Waals surface area contributed by atoms with E-state index in [9.17, 15) is 14.0 Å². The van der Waals surface area contributed by atoms with E-state index in [4.69, 9.17) is 4.74 Å². The average Bonchev–Trinajstić information content (AvgIpc) is 2.62. The molecule has 3 rings (SSSR count). The lowest BCUT2D eigenvalue weighted by atomic mass is 9.91. The first-order valence-electron chi connectivity index (χ1n) is 8.74. The van der Waals surface area contributed by atoms with E-state index in [0.29, 0.717) is 11.5 Å². The Balaban J connectivity index is 1.93. The maximum atomic E-state index is 13.3. The zero-order chi connectivity index (χ0) is 18.7. The molecular weight excluding hydrogens is 339 g/mol. The van der Waals surface area contributed by atoms with Crippen LogP contribution >= 0.6 is 0 Å². The van der Waals surface area contributed by atoms with E-state index in [1.165, 1.54) is 12.1 Å². The van der Waals surface area contributed by atoms with Crippen LogP contribution in [0.4, 0.5) is 4.39 Å². The van der Waals surface area contributed by atoms with Crippen molar-refractivity contribution < 1.29 is 18.7 Å². The number of benzene rings is 1. The van der Waals surface area contributed by atoms with Crippen molar-refractivity contribution in [3.63, 3.8) is 0 Å². The van der Waals surface area contributed by atoms with Crippen molar-refractivity contribution in [2.45, 2.75) is 13.0 Å². The zero-order valence-corrected chi connectivity index (χ0v) is 14.9. The Hall–Kier alpha value is -2.48. The lowest BCUT2D eigenvalue weighted by Crippen LogP contribution is -2.56. The van der Waals surface area contributed by atoms with E-state index in [2.05, 4.69) is 15.2 Å². The van der Waals surface area contributed by atoms with Gasteiger partial charge >= 0.3 is 5.97 Å². The van der Waals surface area contributed by atoms with Crippen molar-refractivity contribution in [1.29, 1.82) is 0 Å². The van der Waals surface area contributed by atoms with Crippen LogP contribution in [0.25, 0.3) is 0 Å². The number of amides is 1. The largest absolute Gasteiger partial charge is 0.465 e. The molecule has 0 aromatic heterocycles. The molecule has 140 valence electrons. The van der Waals surface area contributed by atoms with Crippen LogP contribution in [-0.4, -0.2) is 67.5 Å². The number of nitrogens with one attached hydrogen (secondary N) is 1. The molecule has 1 saturated heterocycles. The summed E-state index contributed by atoms with van der Waals surface area (Å²) in [4.78, 5) is 33.8. The molecule has 1 amide bonds. The van der Waals surface area contributed by atoms with Gasteiger partial charge in [-0.1, -0.05) is 12.1 Å². The number of aliphatic imine (C=N–C) groups is 1. The first-order chi connectivity index (χ1) is 12.5. The van der Waals surface area contributed by atoms with Gasteiger partial charge in [-0.2, -0.15) is 0 Å². The van der Waals surface area contributed by atoms with E-state index in [-0.39, 0.29) is 12.4 Å². The molecule has 0 unspecified atom stereocenters. The fraction of sp³-hybridized carbons (Fsp3) is 0.500. The summed E-state index contributed by atoms with van der Waals surface area (Å²) in [7, 11) is 2.04. The van der Waals surface area contributed by atoms with Gasteiger partial charge in [0.1, 0.15) is 11.9 Å². The summed E-state index contributed by atoms with van der Waals surface area (Å²) in [5, 5.41) is 2.75. The van der Waals surface area contributed by atoms with Gasteiger partial charge < -0.3 is 14.5 Å². The third-order valence-corrected chi connectivity index (χ3v) is 4.65. The third kappa shape index (κ3) is 3.85. The molecule has 2 heterocycles. The van der Waals surface area contributed by atoms with E-state index in [0.717, 1.165) is 26.2 Å². The number of likely N-dealkylation sites (N-methyl/N-ethyl adjacent to an activating group) is 1. The lowest BCUT2D eigenvalue weighted by molar-refractivity contribution is -0.153. The van der Waals surface area contributed by atoms with Gasteiger partial charge in [0.05, 0.1) is 6.61 Å². The van der Waals surface area contributed by atoms with Crippen LogP contribution in [0.2, 0.25) is 0 Å². The summed E-state index contributed by atoms with van der Waals surface area (Å²) in [6.07, 6.45) is 0. The third-order valence-electron chi connectivity index (χ3n) is 4.65. The van der Waals surface area contributed by atoms with E-state index in [1.807, 2.05) is 11.9 Å². The van der Waals surface area contributed by atoms with Crippen molar-refractivity contribution in [2.24, 2.45) is 10.9 Å². The van der Waals surface area contributed by atoms with Crippen LogP contribution in [-0.2, 0) is 14.3 Å². The molecule has 8 heteroatoms. The van der Waals surface area contributed by atoms with Crippen LogP contribution in [0.5, 0.6) is 0 Å². The number of ether oxygens (including phenoxy) is 1. The van der Waals surface area contributed by atoms with Gasteiger partial charge in [-0.05, 0) is 31.7 Å². The van der Waals surface area contributed by atoms with Crippen LogP contribution < -0.4 is 5.32 Å². The number of piperazine rings is 1. The number of hydrogen-bond donors (Lipinski definition) is 1. The molecule has 1 aromatic rings.